The molecule has 1 rings (SSSR count). The molecule has 0 aromatic heterocycles. The van der Waals surface area contributed by atoms with Gasteiger partial charge in [-0.05, 0) is 65.5 Å². The highest BCUT2D eigenvalue weighted by Crippen LogP contribution is 2.32. The van der Waals surface area contributed by atoms with E-state index in [2.05, 4.69) is 10.6 Å². The number of aryl methyl sites for hydroxylation is 1. The van der Waals surface area contributed by atoms with E-state index in [4.69, 9.17) is 4.74 Å². The van der Waals surface area contributed by atoms with Crippen molar-refractivity contribution in [3.8, 4) is 11.8 Å². The Morgan fingerprint density at radius 3 is 2.41 bits per heavy atom. The number of phenols is 1. The van der Waals surface area contributed by atoms with Gasteiger partial charge in [0.2, 0.25) is 11.8 Å². The number of carbonyl (C=O) groups is 3. The number of thioether (sulfide) groups is 1. The minimum absolute atomic E-state index is 0.136. The first-order valence-electron chi connectivity index (χ1n) is 11.1. The molecular formula is C24H36N4O5S. The number of carbonyl (C=O) groups excluding carboxylic acids is 3. The highest BCUT2D eigenvalue weighted by molar-refractivity contribution is 7.98. The van der Waals surface area contributed by atoms with E-state index >= 15 is 0 Å². The Labute approximate surface area is 206 Å². The van der Waals surface area contributed by atoms with Gasteiger partial charge in [-0.2, -0.15) is 17.0 Å². The summed E-state index contributed by atoms with van der Waals surface area (Å²) < 4.78 is 5.31. The average Bonchev–Trinajstić information content (AvgIpc) is 2.71. The molecule has 2 atom stereocenters. The van der Waals surface area contributed by atoms with Crippen molar-refractivity contribution in [2.75, 3.05) is 18.6 Å². The number of amides is 3. The number of alkyl carbamates (subject to hydrolysis) is 1. The number of rotatable bonds is 10. The number of hydrogen-bond acceptors (Lipinski definition) is 7. The molecule has 9 nitrogen and oxygen atoms in total. The number of nitrogens with zero attached hydrogens (tertiary/aromatic N) is 2. The minimum Gasteiger partial charge on any atom is -0.507 e. The predicted molar refractivity (Wildman–Crippen MR) is 132 cm³/mol. The van der Waals surface area contributed by atoms with E-state index < -0.39 is 42.1 Å². The molecule has 188 valence electrons. The standard InChI is InChI=1S/C24H36N4O5S/c1-15(2)26-21(30)19(17-10-8-9-16(3)20(17)29)28(13-12-25)22(31)18(11-14-34-7)27-23(32)33-24(4,5)6/h8-10,15,18-19,29H,11,13-14H2,1-7H3,(H,26,30)(H,27,32). The number of para-hydroxylation sites is 1. The highest BCUT2D eigenvalue weighted by Gasteiger charge is 2.37. The first kappa shape index (κ1) is 29.1. The smallest absolute Gasteiger partial charge is 0.408 e. The van der Waals surface area contributed by atoms with Crippen LogP contribution in [0.2, 0.25) is 0 Å². The van der Waals surface area contributed by atoms with Crippen molar-refractivity contribution >= 4 is 29.7 Å². The first-order chi connectivity index (χ1) is 15.8. The number of ether oxygens (including phenoxy) is 1. The lowest BCUT2D eigenvalue weighted by atomic mass is 9.99. The first-order valence-corrected chi connectivity index (χ1v) is 12.5. The number of benzene rings is 1. The fourth-order valence-corrected chi connectivity index (χ4v) is 3.70. The van der Waals surface area contributed by atoms with Crippen LogP contribution in [0.4, 0.5) is 4.79 Å². The summed E-state index contributed by atoms with van der Waals surface area (Å²) in [4.78, 5) is 40.5. The molecule has 1 aromatic carbocycles. The molecule has 34 heavy (non-hydrogen) atoms. The normalized spacial score (nSPS) is 12.9. The van der Waals surface area contributed by atoms with Crippen molar-refractivity contribution in [1.29, 1.82) is 5.26 Å². The summed E-state index contributed by atoms with van der Waals surface area (Å²) in [5, 5.41) is 25.6. The largest absolute Gasteiger partial charge is 0.507 e. The van der Waals surface area contributed by atoms with Gasteiger partial charge in [-0.3, -0.25) is 9.59 Å². The predicted octanol–water partition coefficient (Wildman–Crippen LogP) is 3.26. The van der Waals surface area contributed by atoms with Gasteiger partial charge in [0.1, 0.15) is 30.0 Å². The van der Waals surface area contributed by atoms with Gasteiger partial charge in [-0.1, -0.05) is 18.2 Å². The summed E-state index contributed by atoms with van der Waals surface area (Å²) in [7, 11) is 0. The Morgan fingerprint density at radius 2 is 1.88 bits per heavy atom. The Kier molecular flexibility index (Phi) is 11.2. The Morgan fingerprint density at radius 1 is 1.24 bits per heavy atom. The SMILES string of the molecule is CSCCC(NC(=O)OC(C)(C)C)C(=O)N(CC#N)C(C(=O)NC(C)C)c1cccc(C)c1O. The monoisotopic (exact) mass is 492 g/mol. The molecule has 2 unspecified atom stereocenters. The average molecular weight is 493 g/mol. The number of phenolic OH excluding ortho intramolecular Hbond substituents is 1. The summed E-state index contributed by atoms with van der Waals surface area (Å²) in [5.74, 6) is -0.750. The Hall–Kier alpha value is -2.93. The molecule has 10 heteroatoms. The van der Waals surface area contributed by atoms with Crippen molar-refractivity contribution in [1.82, 2.24) is 15.5 Å². The van der Waals surface area contributed by atoms with Crippen LogP contribution in [-0.2, 0) is 14.3 Å². The third-order valence-corrected chi connectivity index (χ3v) is 5.32. The molecule has 0 saturated carbocycles. The molecule has 0 bridgehead atoms. The fraction of sp³-hybridized carbons (Fsp3) is 0.583. The number of nitriles is 1. The van der Waals surface area contributed by atoms with E-state index in [0.29, 0.717) is 11.3 Å². The van der Waals surface area contributed by atoms with Crippen molar-refractivity contribution in [3.05, 3.63) is 29.3 Å². The summed E-state index contributed by atoms with van der Waals surface area (Å²) in [5.41, 5.74) is -0.0472. The quantitative estimate of drug-likeness (QED) is 0.427. The summed E-state index contributed by atoms with van der Waals surface area (Å²) in [6.45, 7) is 9.92. The van der Waals surface area contributed by atoms with E-state index in [1.165, 1.54) is 11.8 Å². The van der Waals surface area contributed by atoms with E-state index in [1.54, 1.807) is 59.7 Å². The number of hydrogen-bond donors (Lipinski definition) is 3. The molecule has 0 heterocycles. The van der Waals surface area contributed by atoms with Crippen LogP contribution in [0.1, 0.15) is 58.2 Å². The molecule has 0 saturated heterocycles. The summed E-state index contributed by atoms with van der Waals surface area (Å²) in [6.07, 6.45) is 1.36. The minimum atomic E-state index is -1.27. The molecule has 0 aliphatic rings. The Bertz CT molecular complexity index is 908. The van der Waals surface area contributed by atoms with Crippen molar-refractivity contribution in [2.24, 2.45) is 0 Å². The van der Waals surface area contributed by atoms with Crippen LogP contribution in [0.15, 0.2) is 18.2 Å². The molecule has 0 radical (unpaired) electrons. The van der Waals surface area contributed by atoms with Crippen LogP contribution in [0.25, 0.3) is 0 Å². The van der Waals surface area contributed by atoms with Crippen LogP contribution in [0.5, 0.6) is 5.75 Å². The van der Waals surface area contributed by atoms with Gasteiger partial charge in [0.25, 0.3) is 0 Å². The maximum absolute atomic E-state index is 13.7. The van der Waals surface area contributed by atoms with Gasteiger partial charge >= 0.3 is 6.09 Å². The van der Waals surface area contributed by atoms with E-state index in [-0.39, 0.29) is 23.8 Å². The lowest BCUT2D eigenvalue weighted by molar-refractivity contribution is -0.142. The summed E-state index contributed by atoms with van der Waals surface area (Å²) in [6, 6.07) is 4.28. The molecule has 0 aliphatic carbocycles. The number of aromatic hydroxyl groups is 1. The van der Waals surface area contributed by atoms with Gasteiger partial charge in [0.15, 0.2) is 0 Å². The maximum atomic E-state index is 13.7. The van der Waals surface area contributed by atoms with E-state index in [0.717, 1.165) is 4.90 Å². The molecule has 3 N–H and O–H groups in total. The Balaban J connectivity index is 3.48. The zero-order chi connectivity index (χ0) is 26.1. The van der Waals surface area contributed by atoms with Gasteiger partial charge in [-0.25, -0.2) is 4.79 Å². The third-order valence-electron chi connectivity index (χ3n) is 4.68. The fourth-order valence-electron chi connectivity index (χ4n) is 3.23. The van der Waals surface area contributed by atoms with Crippen molar-refractivity contribution in [2.45, 2.75) is 71.7 Å². The molecule has 3 amide bonds. The van der Waals surface area contributed by atoms with Crippen molar-refractivity contribution in [3.63, 3.8) is 0 Å². The van der Waals surface area contributed by atoms with Gasteiger partial charge in [0.05, 0.1) is 6.07 Å². The molecular weight excluding hydrogens is 456 g/mol. The maximum Gasteiger partial charge on any atom is 0.408 e. The van der Waals surface area contributed by atoms with Crippen LogP contribution < -0.4 is 10.6 Å². The highest BCUT2D eigenvalue weighted by atomic mass is 32.2. The van der Waals surface area contributed by atoms with Gasteiger partial charge < -0.3 is 25.4 Å². The van der Waals surface area contributed by atoms with Crippen LogP contribution >= 0.6 is 11.8 Å². The van der Waals surface area contributed by atoms with Crippen LogP contribution in [0, 0.1) is 18.3 Å². The van der Waals surface area contributed by atoms with Crippen LogP contribution in [-0.4, -0.2) is 64.2 Å². The number of nitrogens with one attached hydrogen (secondary N) is 2. The van der Waals surface area contributed by atoms with Crippen LogP contribution in [0.3, 0.4) is 0 Å². The lowest BCUT2D eigenvalue weighted by Gasteiger charge is -2.33. The zero-order valence-corrected chi connectivity index (χ0v) is 21.8. The zero-order valence-electron chi connectivity index (χ0n) is 21.0. The molecule has 0 aliphatic heterocycles. The third kappa shape index (κ3) is 8.78. The molecule has 1 aromatic rings. The second-order valence-electron chi connectivity index (χ2n) is 9.18. The van der Waals surface area contributed by atoms with Crippen molar-refractivity contribution < 1.29 is 24.2 Å². The lowest BCUT2D eigenvalue weighted by Crippen LogP contribution is -2.53. The summed E-state index contributed by atoms with van der Waals surface area (Å²) >= 11 is 1.49. The van der Waals surface area contributed by atoms with E-state index in [1.807, 2.05) is 12.3 Å². The second-order valence-corrected chi connectivity index (χ2v) is 10.2. The molecule has 0 fully saturated rings. The second kappa shape index (κ2) is 13.1. The molecule has 0 spiro atoms. The van der Waals surface area contributed by atoms with Gasteiger partial charge in [-0.15, -0.1) is 0 Å². The van der Waals surface area contributed by atoms with E-state index in [9.17, 15) is 24.8 Å². The topological polar surface area (TPSA) is 132 Å². The van der Waals surface area contributed by atoms with Gasteiger partial charge in [0, 0.05) is 11.6 Å².